The van der Waals surface area contributed by atoms with Gasteiger partial charge in [-0.1, -0.05) is 36.4 Å². The molecular formula is C20H18N2O2. The summed E-state index contributed by atoms with van der Waals surface area (Å²) in [6, 6.07) is 20.3. The number of rotatable bonds is 5. The highest BCUT2D eigenvalue weighted by Gasteiger charge is 2.16. The highest BCUT2D eigenvalue weighted by atomic mass is 16.5. The van der Waals surface area contributed by atoms with Crippen LogP contribution in [0.25, 0.3) is 0 Å². The normalized spacial score (nSPS) is 11.5. The number of ether oxygens (including phenoxy) is 1. The summed E-state index contributed by atoms with van der Waals surface area (Å²) < 4.78 is 5.84. The summed E-state index contributed by atoms with van der Waals surface area (Å²) in [7, 11) is 0. The fraction of sp³-hybridized carbons (Fsp3) is 0.100. The van der Waals surface area contributed by atoms with Crippen molar-refractivity contribution >= 4 is 5.91 Å². The summed E-state index contributed by atoms with van der Waals surface area (Å²) in [5.74, 6) is 1.04. The molecule has 0 saturated heterocycles. The quantitative estimate of drug-likeness (QED) is 0.760. The van der Waals surface area contributed by atoms with E-state index in [1.54, 1.807) is 24.5 Å². The molecule has 0 unspecified atom stereocenters. The molecule has 1 N–H and O–H groups in total. The Morgan fingerprint density at radius 1 is 1.00 bits per heavy atom. The van der Waals surface area contributed by atoms with E-state index in [1.807, 2.05) is 61.5 Å². The minimum absolute atomic E-state index is 0.143. The van der Waals surface area contributed by atoms with E-state index in [9.17, 15) is 4.79 Å². The number of carbonyl (C=O) groups excluding carboxylic acids is 1. The molecule has 2 aromatic carbocycles. The minimum Gasteiger partial charge on any atom is -0.457 e. The largest absolute Gasteiger partial charge is 0.457 e. The number of carbonyl (C=O) groups is 1. The molecule has 4 heteroatoms. The third-order valence-electron chi connectivity index (χ3n) is 3.63. The maximum absolute atomic E-state index is 12.6. The van der Waals surface area contributed by atoms with Crippen molar-refractivity contribution in [2.24, 2.45) is 0 Å². The molecule has 120 valence electrons. The molecule has 0 radical (unpaired) electrons. The van der Waals surface area contributed by atoms with Gasteiger partial charge in [0.2, 0.25) is 0 Å². The molecule has 1 amide bonds. The molecule has 0 aliphatic heterocycles. The second-order valence-corrected chi connectivity index (χ2v) is 5.39. The van der Waals surface area contributed by atoms with Crippen molar-refractivity contribution in [1.29, 1.82) is 0 Å². The number of para-hydroxylation sites is 2. The second-order valence-electron chi connectivity index (χ2n) is 5.39. The monoisotopic (exact) mass is 318 g/mol. The van der Waals surface area contributed by atoms with Gasteiger partial charge in [0.05, 0.1) is 11.6 Å². The van der Waals surface area contributed by atoms with Crippen LogP contribution in [-0.4, -0.2) is 10.9 Å². The van der Waals surface area contributed by atoms with Crippen LogP contribution in [0.4, 0.5) is 0 Å². The lowest BCUT2D eigenvalue weighted by Gasteiger charge is -2.16. The van der Waals surface area contributed by atoms with Crippen LogP contribution in [0.15, 0.2) is 79.1 Å². The molecule has 3 aromatic rings. The van der Waals surface area contributed by atoms with Crippen LogP contribution >= 0.6 is 0 Å². The highest BCUT2D eigenvalue weighted by molar-refractivity contribution is 5.97. The second kappa shape index (κ2) is 7.42. The Hall–Kier alpha value is -3.14. The first-order valence-electron chi connectivity index (χ1n) is 7.77. The third kappa shape index (κ3) is 3.79. The van der Waals surface area contributed by atoms with Gasteiger partial charge in [-0.3, -0.25) is 9.78 Å². The first kappa shape index (κ1) is 15.7. The van der Waals surface area contributed by atoms with Crippen LogP contribution in [0.2, 0.25) is 0 Å². The lowest BCUT2D eigenvalue weighted by molar-refractivity contribution is 0.0937. The summed E-state index contributed by atoms with van der Waals surface area (Å²) in [6.45, 7) is 1.93. The fourth-order valence-corrected chi connectivity index (χ4v) is 2.35. The van der Waals surface area contributed by atoms with Gasteiger partial charge in [0, 0.05) is 12.4 Å². The summed E-state index contributed by atoms with van der Waals surface area (Å²) in [4.78, 5) is 16.7. The summed E-state index contributed by atoms with van der Waals surface area (Å²) in [5.41, 5.74) is 1.45. The highest BCUT2D eigenvalue weighted by Crippen LogP contribution is 2.25. The average Bonchev–Trinajstić information content (AvgIpc) is 2.63. The van der Waals surface area contributed by atoms with Crippen LogP contribution in [0.3, 0.4) is 0 Å². The van der Waals surface area contributed by atoms with Crippen molar-refractivity contribution in [2.75, 3.05) is 0 Å². The predicted molar refractivity (Wildman–Crippen MR) is 93.1 cm³/mol. The topological polar surface area (TPSA) is 51.2 Å². The van der Waals surface area contributed by atoms with E-state index in [2.05, 4.69) is 10.3 Å². The van der Waals surface area contributed by atoms with Crippen molar-refractivity contribution < 1.29 is 9.53 Å². The van der Waals surface area contributed by atoms with Gasteiger partial charge in [-0.2, -0.15) is 0 Å². The molecule has 0 spiro atoms. The van der Waals surface area contributed by atoms with Gasteiger partial charge in [-0.15, -0.1) is 0 Å². The first-order valence-corrected chi connectivity index (χ1v) is 7.77. The smallest absolute Gasteiger partial charge is 0.255 e. The van der Waals surface area contributed by atoms with Crippen molar-refractivity contribution in [1.82, 2.24) is 10.3 Å². The van der Waals surface area contributed by atoms with Gasteiger partial charge in [0.15, 0.2) is 0 Å². The number of nitrogens with zero attached hydrogens (tertiary/aromatic N) is 1. The lowest BCUT2D eigenvalue weighted by Crippen LogP contribution is -2.27. The number of hydrogen-bond donors (Lipinski definition) is 1. The Bertz CT molecular complexity index is 804. The molecule has 0 saturated carbocycles. The van der Waals surface area contributed by atoms with Gasteiger partial charge in [-0.25, -0.2) is 0 Å². The van der Waals surface area contributed by atoms with Crippen molar-refractivity contribution in [3.05, 3.63) is 90.3 Å². The van der Waals surface area contributed by atoms with Gasteiger partial charge < -0.3 is 10.1 Å². The zero-order valence-corrected chi connectivity index (χ0v) is 13.3. The van der Waals surface area contributed by atoms with Gasteiger partial charge >= 0.3 is 0 Å². The van der Waals surface area contributed by atoms with Crippen LogP contribution in [-0.2, 0) is 0 Å². The molecule has 0 fully saturated rings. The van der Waals surface area contributed by atoms with E-state index in [1.165, 1.54) is 0 Å². The SMILES string of the molecule is C[C@@H](NC(=O)c1ccccc1Oc1ccccc1)c1cccnc1. The summed E-state index contributed by atoms with van der Waals surface area (Å²) in [6.07, 6.45) is 3.46. The van der Waals surface area contributed by atoms with Crippen LogP contribution in [0.5, 0.6) is 11.5 Å². The Morgan fingerprint density at radius 2 is 1.75 bits per heavy atom. The van der Waals surface area contributed by atoms with E-state index in [0.29, 0.717) is 17.1 Å². The zero-order valence-electron chi connectivity index (χ0n) is 13.3. The van der Waals surface area contributed by atoms with Crippen molar-refractivity contribution in [3.63, 3.8) is 0 Å². The number of aromatic nitrogens is 1. The molecule has 1 atom stereocenters. The van der Waals surface area contributed by atoms with Crippen LogP contribution in [0.1, 0.15) is 28.9 Å². The van der Waals surface area contributed by atoms with Gasteiger partial charge in [-0.05, 0) is 42.8 Å². The standard InChI is InChI=1S/C20H18N2O2/c1-15(16-8-7-13-21-14-16)22-20(23)18-11-5-6-12-19(18)24-17-9-3-2-4-10-17/h2-15H,1H3,(H,22,23)/t15-/m1/s1. The summed E-state index contributed by atoms with van der Waals surface area (Å²) in [5, 5.41) is 2.98. The molecule has 0 aliphatic rings. The molecule has 0 bridgehead atoms. The Labute approximate surface area is 141 Å². The third-order valence-corrected chi connectivity index (χ3v) is 3.63. The van der Waals surface area contributed by atoms with Crippen molar-refractivity contribution in [3.8, 4) is 11.5 Å². The minimum atomic E-state index is -0.183. The van der Waals surface area contributed by atoms with Gasteiger partial charge in [0.1, 0.15) is 11.5 Å². The zero-order chi connectivity index (χ0) is 16.8. The molecule has 1 aromatic heterocycles. The average molecular weight is 318 g/mol. The molecule has 1 heterocycles. The number of amides is 1. The van der Waals surface area contributed by atoms with E-state index in [-0.39, 0.29) is 11.9 Å². The lowest BCUT2D eigenvalue weighted by atomic mass is 10.1. The number of nitrogens with one attached hydrogen (secondary N) is 1. The van der Waals surface area contributed by atoms with Crippen molar-refractivity contribution in [2.45, 2.75) is 13.0 Å². The first-order chi connectivity index (χ1) is 11.7. The molecule has 4 nitrogen and oxygen atoms in total. The maximum Gasteiger partial charge on any atom is 0.255 e. The Morgan fingerprint density at radius 3 is 2.50 bits per heavy atom. The van der Waals surface area contributed by atoms with Crippen LogP contribution < -0.4 is 10.1 Å². The molecule has 0 aliphatic carbocycles. The van der Waals surface area contributed by atoms with E-state index in [4.69, 9.17) is 4.74 Å². The van der Waals surface area contributed by atoms with E-state index < -0.39 is 0 Å². The molecule has 24 heavy (non-hydrogen) atoms. The fourth-order valence-electron chi connectivity index (χ4n) is 2.35. The maximum atomic E-state index is 12.6. The number of hydrogen-bond acceptors (Lipinski definition) is 3. The molecule has 3 rings (SSSR count). The Kier molecular flexibility index (Phi) is 4.87. The summed E-state index contributed by atoms with van der Waals surface area (Å²) >= 11 is 0. The van der Waals surface area contributed by atoms with E-state index in [0.717, 1.165) is 5.56 Å². The van der Waals surface area contributed by atoms with E-state index >= 15 is 0 Å². The number of pyridine rings is 1. The predicted octanol–water partition coefficient (Wildman–Crippen LogP) is 4.36. The Balaban J connectivity index is 1.78. The molecular weight excluding hydrogens is 300 g/mol. The van der Waals surface area contributed by atoms with Gasteiger partial charge in [0.25, 0.3) is 5.91 Å². The van der Waals surface area contributed by atoms with Crippen LogP contribution in [0, 0.1) is 0 Å². The number of benzene rings is 2.